The van der Waals surface area contributed by atoms with E-state index in [9.17, 15) is 18.4 Å². The van der Waals surface area contributed by atoms with E-state index in [0.29, 0.717) is 11.4 Å². The quantitative estimate of drug-likeness (QED) is 0.668. The fourth-order valence-electron chi connectivity index (χ4n) is 1.96. The maximum absolute atomic E-state index is 12.2. The second-order valence-corrected chi connectivity index (χ2v) is 5.58. The van der Waals surface area contributed by atoms with Crippen LogP contribution in [0.2, 0.25) is 5.02 Å². The number of nitrogens with two attached hydrogens (primary N) is 1. The molecule has 0 heterocycles. The Bertz CT molecular complexity index is 842. The Morgan fingerprint density at radius 3 is 2.48 bits per heavy atom. The molecule has 0 spiro atoms. The molecule has 142 valence electrons. The summed E-state index contributed by atoms with van der Waals surface area (Å²) in [7, 11) is 0. The standard InChI is InChI=1S/C18H15ClF2N2O4/c19-14-9-12(4-7-15(14)27-18(20)21)23-17(25)8-3-11-1-5-13(6-2-11)26-10-16(22)24/h1-9,18H,10H2,(H2,22,24)(H,23,25)/b8-3+. The second-order valence-electron chi connectivity index (χ2n) is 5.17. The number of alkyl halides is 2. The number of nitrogens with one attached hydrogen (secondary N) is 1. The van der Waals surface area contributed by atoms with Crippen molar-refractivity contribution in [1.82, 2.24) is 0 Å². The molecule has 0 atom stereocenters. The molecule has 9 heteroatoms. The Morgan fingerprint density at radius 1 is 1.19 bits per heavy atom. The summed E-state index contributed by atoms with van der Waals surface area (Å²) in [5, 5.41) is 2.50. The number of ether oxygens (including phenoxy) is 2. The van der Waals surface area contributed by atoms with E-state index in [2.05, 4.69) is 10.1 Å². The van der Waals surface area contributed by atoms with E-state index in [1.165, 1.54) is 24.3 Å². The number of hydrogen-bond donors (Lipinski definition) is 2. The molecule has 0 aliphatic heterocycles. The Morgan fingerprint density at radius 2 is 1.89 bits per heavy atom. The van der Waals surface area contributed by atoms with Gasteiger partial charge in [0.05, 0.1) is 5.02 Å². The number of carbonyl (C=O) groups excluding carboxylic acids is 2. The molecule has 2 aromatic carbocycles. The first-order valence-electron chi connectivity index (χ1n) is 7.58. The Balaban J connectivity index is 1.93. The van der Waals surface area contributed by atoms with Crippen molar-refractivity contribution in [3.63, 3.8) is 0 Å². The predicted molar refractivity (Wildman–Crippen MR) is 96.9 cm³/mol. The van der Waals surface area contributed by atoms with Crippen LogP contribution in [0.3, 0.4) is 0 Å². The van der Waals surface area contributed by atoms with Gasteiger partial charge in [0, 0.05) is 11.8 Å². The summed E-state index contributed by atoms with van der Waals surface area (Å²) < 4.78 is 33.7. The van der Waals surface area contributed by atoms with E-state index < -0.39 is 18.4 Å². The third-order valence-corrected chi connectivity index (χ3v) is 3.40. The minimum atomic E-state index is -2.99. The summed E-state index contributed by atoms with van der Waals surface area (Å²) in [6, 6.07) is 10.6. The van der Waals surface area contributed by atoms with Crippen molar-refractivity contribution in [2.45, 2.75) is 6.61 Å². The minimum Gasteiger partial charge on any atom is -0.484 e. The van der Waals surface area contributed by atoms with Crippen LogP contribution >= 0.6 is 11.6 Å². The van der Waals surface area contributed by atoms with Gasteiger partial charge in [-0.15, -0.1) is 0 Å². The van der Waals surface area contributed by atoms with Crippen LogP contribution in [0.25, 0.3) is 6.08 Å². The predicted octanol–water partition coefficient (Wildman–Crippen LogP) is 3.46. The van der Waals surface area contributed by atoms with E-state index in [-0.39, 0.29) is 17.4 Å². The first-order chi connectivity index (χ1) is 12.8. The summed E-state index contributed by atoms with van der Waals surface area (Å²) in [6.07, 6.45) is 2.85. The zero-order chi connectivity index (χ0) is 19.8. The van der Waals surface area contributed by atoms with Gasteiger partial charge in [-0.3, -0.25) is 9.59 Å². The lowest BCUT2D eigenvalue weighted by Crippen LogP contribution is -2.19. The first-order valence-corrected chi connectivity index (χ1v) is 7.96. The smallest absolute Gasteiger partial charge is 0.387 e. The van der Waals surface area contributed by atoms with Gasteiger partial charge in [0.1, 0.15) is 11.5 Å². The molecule has 2 rings (SSSR count). The van der Waals surface area contributed by atoms with Crippen molar-refractivity contribution >= 4 is 35.2 Å². The van der Waals surface area contributed by atoms with Crippen LogP contribution in [-0.4, -0.2) is 25.0 Å². The molecular weight excluding hydrogens is 382 g/mol. The highest BCUT2D eigenvalue weighted by atomic mass is 35.5. The summed E-state index contributed by atoms with van der Waals surface area (Å²) in [4.78, 5) is 22.6. The van der Waals surface area contributed by atoms with E-state index in [1.54, 1.807) is 30.3 Å². The van der Waals surface area contributed by atoms with Crippen LogP contribution in [0.15, 0.2) is 48.5 Å². The molecule has 0 unspecified atom stereocenters. The number of primary amides is 1. The van der Waals surface area contributed by atoms with E-state index in [4.69, 9.17) is 22.1 Å². The largest absolute Gasteiger partial charge is 0.484 e. The molecule has 27 heavy (non-hydrogen) atoms. The van der Waals surface area contributed by atoms with Crippen LogP contribution < -0.4 is 20.5 Å². The normalized spacial score (nSPS) is 10.8. The monoisotopic (exact) mass is 396 g/mol. The number of benzene rings is 2. The maximum atomic E-state index is 12.2. The van der Waals surface area contributed by atoms with E-state index in [0.717, 1.165) is 5.56 Å². The number of halogens is 3. The lowest BCUT2D eigenvalue weighted by atomic mass is 10.2. The van der Waals surface area contributed by atoms with Gasteiger partial charge in [-0.25, -0.2) is 0 Å². The average Bonchev–Trinajstić information content (AvgIpc) is 2.61. The van der Waals surface area contributed by atoms with Crippen LogP contribution in [0.5, 0.6) is 11.5 Å². The summed E-state index contributed by atoms with van der Waals surface area (Å²) >= 11 is 5.82. The highest BCUT2D eigenvalue weighted by Gasteiger charge is 2.09. The number of amides is 2. The van der Waals surface area contributed by atoms with Gasteiger partial charge in [0.2, 0.25) is 5.91 Å². The number of hydrogen-bond acceptors (Lipinski definition) is 4. The van der Waals surface area contributed by atoms with Crippen LogP contribution in [0, 0.1) is 0 Å². The SMILES string of the molecule is NC(=O)COc1ccc(/C=C/C(=O)Nc2ccc(OC(F)F)c(Cl)c2)cc1. The average molecular weight is 397 g/mol. The van der Waals surface area contributed by atoms with Crippen LogP contribution in [-0.2, 0) is 9.59 Å². The fraction of sp³-hybridized carbons (Fsp3) is 0.111. The Kier molecular flexibility index (Phi) is 7.13. The van der Waals surface area contributed by atoms with Crippen molar-refractivity contribution in [3.8, 4) is 11.5 Å². The Hall–Kier alpha value is -3.13. The zero-order valence-electron chi connectivity index (χ0n) is 13.8. The summed E-state index contributed by atoms with van der Waals surface area (Å²) in [5.41, 5.74) is 6.03. The van der Waals surface area contributed by atoms with E-state index in [1.807, 2.05) is 0 Å². The van der Waals surface area contributed by atoms with Crippen molar-refractivity contribution in [2.24, 2.45) is 5.73 Å². The van der Waals surface area contributed by atoms with Crippen LogP contribution in [0.1, 0.15) is 5.56 Å². The molecule has 2 aromatic rings. The lowest BCUT2D eigenvalue weighted by molar-refractivity contribution is -0.120. The molecule has 0 fully saturated rings. The summed E-state index contributed by atoms with van der Waals surface area (Å²) in [5.74, 6) is -0.734. The van der Waals surface area contributed by atoms with E-state index >= 15 is 0 Å². The first kappa shape index (κ1) is 20.2. The van der Waals surface area contributed by atoms with Gasteiger partial charge >= 0.3 is 6.61 Å². The number of anilines is 1. The van der Waals surface area contributed by atoms with Gasteiger partial charge in [-0.1, -0.05) is 23.7 Å². The third kappa shape index (κ3) is 6.95. The molecule has 0 aromatic heterocycles. The molecule has 0 aliphatic rings. The lowest BCUT2D eigenvalue weighted by Gasteiger charge is -2.08. The van der Waals surface area contributed by atoms with Gasteiger partial charge in [-0.2, -0.15) is 8.78 Å². The molecule has 2 amide bonds. The van der Waals surface area contributed by atoms with Gasteiger partial charge < -0.3 is 20.5 Å². The molecule has 0 saturated carbocycles. The molecule has 3 N–H and O–H groups in total. The van der Waals surface area contributed by atoms with Gasteiger partial charge in [0.15, 0.2) is 6.61 Å². The summed E-state index contributed by atoms with van der Waals surface area (Å²) in [6.45, 7) is -3.21. The van der Waals surface area contributed by atoms with Crippen molar-refractivity contribution in [3.05, 3.63) is 59.1 Å². The molecule has 0 saturated heterocycles. The van der Waals surface area contributed by atoms with Gasteiger partial charge in [-0.05, 0) is 42.0 Å². The number of rotatable bonds is 8. The highest BCUT2D eigenvalue weighted by Crippen LogP contribution is 2.28. The third-order valence-electron chi connectivity index (χ3n) is 3.10. The van der Waals surface area contributed by atoms with Gasteiger partial charge in [0.25, 0.3) is 5.91 Å². The van der Waals surface area contributed by atoms with Crippen molar-refractivity contribution in [2.75, 3.05) is 11.9 Å². The number of carbonyl (C=O) groups is 2. The molecule has 0 aliphatic carbocycles. The zero-order valence-corrected chi connectivity index (χ0v) is 14.6. The maximum Gasteiger partial charge on any atom is 0.387 e. The topological polar surface area (TPSA) is 90.7 Å². The van der Waals surface area contributed by atoms with Crippen molar-refractivity contribution < 1.29 is 27.8 Å². The fourth-order valence-corrected chi connectivity index (χ4v) is 2.18. The minimum absolute atomic E-state index is 0.0522. The highest BCUT2D eigenvalue weighted by molar-refractivity contribution is 6.32. The molecular formula is C18H15ClF2N2O4. The molecule has 6 nitrogen and oxygen atoms in total. The Labute approximate surface area is 158 Å². The molecule has 0 radical (unpaired) electrons. The second kappa shape index (κ2) is 9.54. The van der Waals surface area contributed by atoms with Crippen molar-refractivity contribution in [1.29, 1.82) is 0 Å². The van der Waals surface area contributed by atoms with Crippen LogP contribution in [0.4, 0.5) is 14.5 Å². The molecule has 0 bridgehead atoms.